The number of rotatable bonds is 7. The molecule has 100 valence electrons. The Balaban J connectivity index is 2.55. The predicted molar refractivity (Wildman–Crippen MR) is 79.0 cm³/mol. The van der Waals surface area contributed by atoms with Crippen LogP contribution in [0, 0.1) is 6.92 Å². The van der Waals surface area contributed by atoms with E-state index in [0.717, 1.165) is 23.6 Å². The normalized spacial score (nSPS) is 12.4. The van der Waals surface area contributed by atoms with Crippen molar-refractivity contribution >= 4 is 17.7 Å². The van der Waals surface area contributed by atoms with E-state index in [2.05, 4.69) is 19.2 Å². The van der Waals surface area contributed by atoms with Crippen LogP contribution in [0.4, 0.5) is 0 Å². The maximum absolute atomic E-state index is 11.1. The Bertz CT molecular complexity index is 407. The molecule has 0 aliphatic heterocycles. The van der Waals surface area contributed by atoms with Crippen LogP contribution >= 0.6 is 11.8 Å². The first-order chi connectivity index (χ1) is 8.54. The highest BCUT2D eigenvalue weighted by Gasteiger charge is 2.06. The van der Waals surface area contributed by atoms with Crippen molar-refractivity contribution in [2.24, 2.45) is 5.73 Å². The smallest absolute Gasteiger partial charge is 0.248 e. The van der Waals surface area contributed by atoms with Gasteiger partial charge in [-0.05, 0) is 42.9 Å². The van der Waals surface area contributed by atoms with Crippen LogP contribution < -0.4 is 11.1 Å². The summed E-state index contributed by atoms with van der Waals surface area (Å²) in [6.45, 7) is 7.20. The lowest BCUT2D eigenvalue weighted by Crippen LogP contribution is -2.28. The number of thioether (sulfide) groups is 1. The van der Waals surface area contributed by atoms with E-state index in [1.165, 1.54) is 5.56 Å². The lowest BCUT2D eigenvalue weighted by atomic mass is 10.0. The molecule has 1 aromatic rings. The number of hydrogen-bond donors (Lipinski definition) is 2. The van der Waals surface area contributed by atoms with Gasteiger partial charge in [0.25, 0.3) is 0 Å². The fourth-order valence-corrected chi connectivity index (χ4v) is 2.39. The highest BCUT2D eigenvalue weighted by Crippen LogP contribution is 2.11. The van der Waals surface area contributed by atoms with Crippen LogP contribution in [0.15, 0.2) is 18.2 Å². The summed E-state index contributed by atoms with van der Waals surface area (Å²) in [6, 6.07) is 6.11. The number of carbonyl (C=O) groups is 1. The Hall–Kier alpha value is -1.00. The zero-order valence-corrected chi connectivity index (χ0v) is 12.1. The lowest BCUT2D eigenvalue weighted by molar-refractivity contribution is 0.1000. The van der Waals surface area contributed by atoms with Gasteiger partial charge in [-0.2, -0.15) is 11.8 Å². The number of benzene rings is 1. The average Bonchev–Trinajstić information content (AvgIpc) is 2.34. The Kier molecular flexibility index (Phi) is 6.22. The van der Waals surface area contributed by atoms with Crippen LogP contribution in [0.3, 0.4) is 0 Å². The summed E-state index contributed by atoms with van der Waals surface area (Å²) in [7, 11) is 0. The largest absolute Gasteiger partial charge is 0.366 e. The monoisotopic (exact) mass is 266 g/mol. The lowest BCUT2D eigenvalue weighted by Gasteiger charge is -2.14. The average molecular weight is 266 g/mol. The number of hydrogen-bond acceptors (Lipinski definition) is 3. The van der Waals surface area contributed by atoms with Gasteiger partial charge in [0.2, 0.25) is 5.91 Å². The molecule has 0 bridgehead atoms. The maximum Gasteiger partial charge on any atom is 0.248 e. The Labute approximate surface area is 114 Å². The Morgan fingerprint density at radius 1 is 1.50 bits per heavy atom. The molecule has 0 spiro atoms. The molecule has 0 aliphatic carbocycles. The minimum Gasteiger partial charge on any atom is -0.366 e. The molecule has 1 aromatic carbocycles. The van der Waals surface area contributed by atoms with Crippen LogP contribution in [0.1, 0.15) is 35.3 Å². The third kappa shape index (κ3) is 4.70. The van der Waals surface area contributed by atoms with Crippen LogP contribution in [0.25, 0.3) is 0 Å². The van der Waals surface area contributed by atoms with Crippen molar-refractivity contribution in [3.63, 3.8) is 0 Å². The molecule has 0 saturated heterocycles. The molecule has 0 saturated carbocycles. The number of nitrogens with two attached hydrogens (primary N) is 1. The molecule has 0 aromatic heterocycles. The molecule has 18 heavy (non-hydrogen) atoms. The first kappa shape index (κ1) is 15.1. The molecular formula is C14H22N2OS. The molecule has 3 nitrogen and oxygen atoms in total. The molecule has 3 N–H and O–H groups in total. The van der Waals surface area contributed by atoms with Crippen molar-refractivity contribution in [2.45, 2.75) is 33.4 Å². The molecule has 0 heterocycles. The van der Waals surface area contributed by atoms with E-state index in [1.807, 2.05) is 30.8 Å². The van der Waals surface area contributed by atoms with Gasteiger partial charge in [0.15, 0.2) is 0 Å². The molecule has 0 fully saturated rings. The van der Waals surface area contributed by atoms with E-state index in [1.54, 1.807) is 6.07 Å². The Morgan fingerprint density at radius 2 is 2.22 bits per heavy atom. The standard InChI is InChI=1S/C14H22N2OS/c1-4-18-9-11(3)16-8-13-6-5-12(14(15)17)7-10(13)2/h5-7,11,16H,4,8-9H2,1-3H3,(H2,15,17). The minimum absolute atomic E-state index is 0.370. The molecule has 1 amide bonds. The van der Waals surface area contributed by atoms with Crippen LogP contribution in [0.5, 0.6) is 0 Å². The predicted octanol–water partition coefficient (Wildman–Crippen LogP) is 2.33. The minimum atomic E-state index is -0.370. The van der Waals surface area contributed by atoms with Crippen LogP contribution in [-0.2, 0) is 6.54 Å². The van der Waals surface area contributed by atoms with Crippen LogP contribution in [-0.4, -0.2) is 23.5 Å². The summed E-state index contributed by atoms with van der Waals surface area (Å²) in [5.41, 5.74) is 8.15. The summed E-state index contributed by atoms with van der Waals surface area (Å²) in [5, 5.41) is 3.49. The topological polar surface area (TPSA) is 55.1 Å². The van der Waals surface area contributed by atoms with E-state index in [4.69, 9.17) is 5.73 Å². The van der Waals surface area contributed by atoms with Crippen molar-refractivity contribution in [1.29, 1.82) is 0 Å². The highest BCUT2D eigenvalue weighted by molar-refractivity contribution is 7.99. The first-order valence-corrected chi connectivity index (χ1v) is 7.40. The molecule has 0 radical (unpaired) electrons. The first-order valence-electron chi connectivity index (χ1n) is 6.25. The SMILES string of the molecule is CCSCC(C)NCc1ccc(C(N)=O)cc1C. The van der Waals surface area contributed by atoms with Gasteiger partial charge in [-0.1, -0.05) is 13.0 Å². The Morgan fingerprint density at radius 3 is 2.78 bits per heavy atom. The zero-order valence-electron chi connectivity index (χ0n) is 11.3. The molecular weight excluding hydrogens is 244 g/mol. The van der Waals surface area contributed by atoms with E-state index in [9.17, 15) is 4.79 Å². The highest BCUT2D eigenvalue weighted by atomic mass is 32.2. The zero-order chi connectivity index (χ0) is 13.5. The summed E-state index contributed by atoms with van der Waals surface area (Å²) < 4.78 is 0. The van der Waals surface area contributed by atoms with Crippen molar-refractivity contribution < 1.29 is 4.79 Å². The quantitative estimate of drug-likeness (QED) is 0.796. The van der Waals surface area contributed by atoms with E-state index in [0.29, 0.717) is 11.6 Å². The summed E-state index contributed by atoms with van der Waals surface area (Å²) in [5.74, 6) is 1.90. The van der Waals surface area contributed by atoms with E-state index < -0.39 is 0 Å². The molecule has 4 heteroatoms. The van der Waals surface area contributed by atoms with Gasteiger partial charge in [0.1, 0.15) is 0 Å². The number of nitrogens with one attached hydrogen (secondary N) is 1. The van der Waals surface area contributed by atoms with Gasteiger partial charge in [-0.3, -0.25) is 4.79 Å². The van der Waals surface area contributed by atoms with E-state index in [-0.39, 0.29) is 5.91 Å². The van der Waals surface area contributed by atoms with Crippen molar-refractivity contribution in [1.82, 2.24) is 5.32 Å². The molecule has 1 rings (SSSR count). The second kappa shape index (κ2) is 7.44. The number of aryl methyl sites for hydroxylation is 1. The second-order valence-corrected chi connectivity index (χ2v) is 5.77. The maximum atomic E-state index is 11.1. The number of amides is 1. The molecule has 1 atom stereocenters. The van der Waals surface area contributed by atoms with Crippen LogP contribution in [0.2, 0.25) is 0 Å². The van der Waals surface area contributed by atoms with Gasteiger partial charge in [0, 0.05) is 23.9 Å². The summed E-state index contributed by atoms with van der Waals surface area (Å²) in [6.07, 6.45) is 0. The fourth-order valence-electron chi connectivity index (χ4n) is 1.69. The second-order valence-electron chi connectivity index (χ2n) is 4.45. The third-order valence-electron chi connectivity index (χ3n) is 2.84. The van der Waals surface area contributed by atoms with Crippen molar-refractivity contribution in [2.75, 3.05) is 11.5 Å². The molecule has 0 aliphatic rings. The summed E-state index contributed by atoms with van der Waals surface area (Å²) in [4.78, 5) is 11.1. The van der Waals surface area contributed by atoms with Gasteiger partial charge < -0.3 is 11.1 Å². The van der Waals surface area contributed by atoms with Gasteiger partial charge in [-0.15, -0.1) is 0 Å². The van der Waals surface area contributed by atoms with Gasteiger partial charge in [-0.25, -0.2) is 0 Å². The van der Waals surface area contributed by atoms with Gasteiger partial charge >= 0.3 is 0 Å². The summed E-state index contributed by atoms with van der Waals surface area (Å²) >= 11 is 1.94. The fraction of sp³-hybridized carbons (Fsp3) is 0.500. The molecule has 1 unspecified atom stereocenters. The third-order valence-corrected chi connectivity index (χ3v) is 3.98. The number of carbonyl (C=O) groups excluding carboxylic acids is 1. The number of primary amides is 1. The van der Waals surface area contributed by atoms with Gasteiger partial charge in [0.05, 0.1) is 0 Å². The van der Waals surface area contributed by atoms with Crippen molar-refractivity contribution in [3.05, 3.63) is 34.9 Å². The van der Waals surface area contributed by atoms with E-state index >= 15 is 0 Å². The van der Waals surface area contributed by atoms with Crippen molar-refractivity contribution in [3.8, 4) is 0 Å².